The zero-order chi connectivity index (χ0) is 43.8. The van der Waals surface area contributed by atoms with Crippen LogP contribution in [0, 0.1) is 17.6 Å². The van der Waals surface area contributed by atoms with Crippen LogP contribution < -0.4 is 25.2 Å². The lowest BCUT2D eigenvalue weighted by molar-refractivity contribution is 0.285. The van der Waals surface area contributed by atoms with Crippen LogP contribution in [-0.4, -0.2) is 90.1 Å². The summed E-state index contributed by atoms with van der Waals surface area (Å²) < 4.78 is 36.2. The first-order valence-corrected chi connectivity index (χ1v) is 22.4. The Balaban J connectivity index is 0.897. The summed E-state index contributed by atoms with van der Waals surface area (Å²) >= 11 is 1.35. The minimum absolute atomic E-state index is 0.0115. The molecule has 3 aromatic heterocycles. The quantitative estimate of drug-likeness (QED) is 0.0476. The molecule has 1 atom stereocenters. The van der Waals surface area contributed by atoms with Gasteiger partial charge in [-0.15, -0.1) is 6.58 Å². The van der Waals surface area contributed by atoms with Gasteiger partial charge in [0.2, 0.25) is 0 Å². The van der Waals surface area contributed by atoms with E-state index < -0.39 is 0 Å². The summed E-state index contributed by atoms with van der Waals surface area (Å²) in [7, 11) is 3.80. The average Bonchev–Trinajstić information content (AvgIpc) is 3.73. The summed E-state index contributed by atoms with van der Waals surface area (Å²) in [5.41, 5.74) is 8.25. The normalized spacial score (nSPS) is 15.2. The number of aromatic nitrogens is 3. The van der Waals surface area contributed by atoms with E-state index in [4.69, 9.17) is 4.98 Å². The van der Waals surface area contributed by atoms with Crippen molar-refractivity contribution < 1.29 is 8.78 Å². The Morgan fingerprint density at radius 3 is 2.42 bits per heavy atom. The van der Waals surface area contributed by atoms with Crippen LogP contribution in [0.1, 0.15) is 50.2 Å². The Kier molecular flexibility index (Phi) is 14.6. The number of piperidine rings is 1. The number of anilines is 4. The lowest BCUT2D eigenvalue weighted by Crippen LogP contribution is -2.46. The Bertz CT molecular complexity index is 2360. The van der Waals surface area contributed by atoms with Crippen LogP contribution in [0.4, 0.5) is 31.7 Å². The molecule has 2 saturated heterocycles. The summed E-state index contributed by atoms with van der Waals surface area (Å²) in [6.07, 6.45) is 12.1. The van der Waals surface area contributed by atoms with Crippen molar-refractivity contribution in [3.05, 3.63) is 140 Å². The maximum absolute atomic E-state index is 15.7. The highest BCUT2D eigenvalue weighted by atomic mass is 32.2. The van der Waals surface area contributed by atoms with Crippen molar-refractivity contribution in [3.63, 3.8) is 0 Å². The number of halogens is 2. The highest BCUT2D eigenvalue weighted by molar-refractivity contribution is 7.98. The van der Waals surface area contributed by atoms with E-state index in [1.54, 1.807) is 18.2 Å². The maximum atomic E-state index is 15.7. The van der Waals surface area contributed by atoms with Crippen molar-refractivity contribution in [3.8, 4) is 11.1 Å². The third kappa shape index (κ3) is 10.3. The van der Waals surface area contributed by atoms with E-state index in [9.17, 15) is 0 Å². The molecule has 7 rings (SSSR count). The number of nitrogens with zero attached hydrogens (tertiary/aromatic N) is 6. The predicted molar refractivity (Wildman–Crippen MR) is 257 cm³/mol. The molecule has 4 N–H and O–H groups in total. The van der Waals surface area contributed by atoms with Gasteiger partial charge < -0.3 is 35.0 Å². The molecule has 0 saturated carbocycles. The largest absolute Gasteiger partial charge is 0.390 e. The molecule has 2 aliphatic rings. The third-order valence-electron chi connectivity index (χ3n) is 12.2. The molecular formula is C49H60F2N10S. The zero-order valence-electron chi connectivity index (χ0n) is 36.3. The van der Waals surface area contributed by atoms with E-state index in [0.717, 1.165) is 117 Å². The van der Waals surface area contributed by atoms with Crippen molar-refractivity contribution in [1.82, 2.24) is 29.5 Å². The number of hydrogen-bond donors (Lipinski definition) is 4. The molecule has 326 valence electrons. The highest BCUT2D eigenvalue weighted by Crippen LogP contribution is 2.35. The van der Waals surface area contributed by atoms with E-state index in [1.807, 2.05) is 68.2 Å². The number of benzene rings is 2. The molecule has 0 radical (unpaired) electrons. The number of hydrogen-bond acceptors (Lipinski definition) is 10. The van der Waals surface area contributed by atoms with Crippen molar-refractivity contribution in [2.45, 2.75) is 45.1 Å². The number of nitrogens with one attached hydrogen (secondary N) is 4. The number of likely N-dealkylation sites (N-methyl/N-ethyl adjacent to an activating group) is 1. The van der Waals surface area contributed by atoms with Gasteiger partial charge in [-0.2, -0.15) is 0 Å². The first-order chi connectivity index (χ1) is 30.1. The second-order valence-corrected chi connectivity index (χ2v) is 17.2. The minimum atomic E-state index is -0.346. The summed E-state index contributed by atoms with van der Waals surface area (Å²) in [4.78, 5) is 19.7. The molecule has 2 fully saturated rings. The van der Waals surface area contributed by atoms with Crippen LogP contribution in [-0.2, 0) is 0 Å². The van der Waals surface area contributed by atoms with Gasteiger partial charge in [0.25, 0.3) is 0 Å². The summed E-state index contributed by atoms with van der Waals surface area (Å²) in [5, 5.41) is 7.42. The molecule has 13 heteroatoms. The fourth-order valence-electron chi connectivity index (χ4n) is 8.27. The van der Waals surface area contributed by atoms with Crippen LogP contribution in [0.15, 0.2) is 117 Å². The number of allylic oxidation sites excluding steroid dienone is 2. The second kappa shape index (κ2) is 20.4. The van der Waals surface area contributed by atoms with E-state index >= 15 is 8.78 Å². The van der Waals surface area contributed by atoms with Crippen LogP contribution in [0.25, 0.3) is 27.7 Å². The van der Waals surface area contributed by atoms with Gasteiger partial charge in [0.1, 0.15) is 17.3 Å². The Labute approximate surface area is 370 Å². The van der Waals surface area contributed by atoms with Crippen molar-refractivity contribution in [2.75, 3.05) is 79.7 Å². The Morgan fingerprint density at radius 1 is 0.952 bits per heavy atom. The van der Waals surface area contributed by atoms with Gasteiger partial charge in [0.15, 0.2) is 5.82 Å². The number of H-pyrrole nitrogens is 1. The Hall–Kier alpha value is -5.79. The van der Waals surface area contributed by atoms with Gasteiger partial charge in [-0.05, 0) is 93.1 Å². The van der Waals surface area contributed by atoms with Crippen molar-refractivity contribution in [1.29, 1.82) is 0 Å². The van der Waals surface area contributed by atoms with E-state index in [-0.39, 0.29) is 17.7 Å². The summed E-state index contributed by atoms with van der Waals surface area (Å²) in [6, 6.07) is 17.0. The number of rotatable bonds is 19. The zero-order valence-corrected chi connectivity index (χ0v) is 37.1. The first-order valence-electron chi connectivity index (χ1n) is 21.6. The van der Waals surface area contributed by atoms with Gasteiger partial charge >= 0.3 is 0 Å². The van der Waals surface area contributed by atoms with Crippen LogP contribution >= 0.6 is 12.1 Å². The molecular weight excluding hydrogens is 799 g/mol. The highest BCUT2D eigenvalue weighted by Gasteiger charge is 2.26. The minimum Gasteiger partial charge on any atom is -0.390 e. The smallest absolute Gasteiger partial charge is 0.154 e. The number of aromatic amines is 1. The van der Waals surface area contributed by atoms with E-state index in [1.165, 1.54) is 17.8 Å². The topological polar surface area (TPSA) is 90.6 Å². The molecule has 5 heterocycles. The molecule has 10 nitrogen and oxygen atoms in total. The fourth-order valence-corrected chi connectivity index (χ4v) is 8.82. The number of pyridine rings is 2. The molecule has 0 amide bonds. The molecule has 2 aliphatic heterocycles. The predicted octanol–water partition coefficient (Wildman–Crippen LogP) is 10.3. The SMILES string of the molecule is C=CCCC(Nc1ccc(N2CCC(CC(=C)N3CCN(c4ccc(-c5cnc6[nH]cc(C(=C)c7cccc(NSN(C)CC)c7F)c6c5)cn4)CC3)CC2)c(F)c1)C(=C)NC. The Morgan fingerprint density at radius 2 is 1.73 bits per heavy atom. The van der Waals surface area contributed by atoms with Crippen molar-refractivity contribution in [2.24, 2.45) is 5.92 Å². The fraction of sp³-hybridized carbons (Fsp3) is 0.347. The average molecular weight is 859 g/mol. The maximum Gasteiger partial charge on any atom is 0.154 e. The van der Waals surface area contributed by atoms with E-state index in [0.29, 0.717) is 34.1 Å². The van der Waals surface area contributed by atoms with Gasteiger partial charge in [0, 0.05) is 128 Å². The molecule has 0 bridgehead atoms. The van der Waals surface area contributed by atoms with Crippen molar-refractivity contribution >= 4 is 51.6 Å². The number of piperazine rings is 1. The summed E-state index contributed by atoms with van der Waals surface area (Å²) in [5.74, 6) is 0.912. The molecule has 0 spiro atoms. The molecule has 62 heavy (non-hydrogen) atoms. The van der Waals surface area contributed by atoms with Crippen LogP contribution in [0.3, 0.4) is 0 Å². The summed E-state index contributed by atoms with van der Waals surface area (Å²) in [6.45, 7) is 24.7. The van der Waals surface area contributed by atoms with Crippen LogP contribution in [0.2, 0.25) is 0 Å². The lowest BCUT2D eigenvalue weighted by Gasteiger charge is -2.39. The second-order valence-electron chi connectivity index (χ2n) is 16.2. The molecule has 2 aromatic carbocycles. The number of fused-ring (bicyclic) bond motifs is 1. The first kappa shape index (κ1) is 44.3. The molecule has 0 aliphatic carbocycles. The van der Waals surface area contributed by atoms with Gasteiger partial charge in [-0.3, -0.25) is 0 Å². The van der Waals surface area contributed by atoms with E-state index in [2.05, 4.69) is 84.5 Å². The van der Waals surface area contributed by atoms with Gasteiger partial charge in [0.05, 0.1) is 17.4 Å². The molecule has 1 unspecified atom stereocenters. The third-order valence-corrected chi connectivity index (χ3v) is 13.1. The van der Waals surface area contributed by atoms with Gasteiger partial charge in [-0.1, -0.05) is 44.9 Å². The monoisotopic (exact) mass is 858 g/mol. The van der Waals surface area contributed by atoms with Crippen LogP contribution in [0.5, 0.6) is 0 Å². The van der Waals surface area contributed by atoms with Gasteiger partial charge in [-0.25, -0.2) is 23.1 Å². The lowest BCUT2D eigenvalue weighted by atomic mass is 9.91. The molecule has 5 aromatic rings. The standard InChI is InChI=1S/C49H60F2N10S/c1-8-10-13-44(35(5)52-6)56-39-16-17-46(43(50)29-39)60-21-19-36(20-22-60)27-33(3)59-23-25-61(26-24-59)47-18-15-37(30-53-47)38-28-41-42(32-55-49(41)54-31-38)34(4)40-12-11-14-45(48(40)51)57-62-58(7)9-2/h8,11-12,14-18,28-32,36,44,52,56-57H,1,3-5,9-10,13,19-27H2,2,6-7H3,(H,54,55).